The fraction of sp³-hybridized carbons (Fsp3) is 0. The van der Waals surface area contributed by atoms with Gasteiger partial charge in [-0.15, -0.1) is 0 Å². The van der Waals surface area contributed by atoms with Crippen molar-refractivity contribution in [3.8, 4) is 0 Å². The van der Waals surface area contributed by atoms with Gasteiger partial charge in [0.25, 0.3) is 0 Å². The third-order valence-corrected chi connectivity index (χ3v) is 0.352. The minimum Gasteiger partial charge on any atom is -0.415 e. The van der Waals surface area contributed by atoms with Crippen molar-refractivity contribution in [3.63, 3.8) is 0 Å². The second kappa shape index (κ2) is 1.88. The molecule has 0 aromatic rings. The van der Waals surface area contributed by atoms with E-state index in [0.29, 0.717) is 0 Å². The molecule has 0 fully saturated rings. The molecule has 0 saturated carbocycles. The van der Waals surface area contributed by atoms with Gasteiger partial charge in [0.05, 0.1) is 0 Å². The zero-order valence-electron chi connectivity index (χ0n) is 3.41. The van der Waals surface area contributed by atoms with Crippen molar-refractivity contribution >= 4 is 21.6 Å². The highest BCUT2D eigenvalue weighted by atomic mass is 16.1. The van der Waals surface area contributed by atoms with Crippen LogP contribution in [0.4, 0.5) is 4.79 Å². The summed E-state index contributed by atoms with van der Waals surface area (Å²) in [4.78, 5) is 9.70. The van der Waals surface area contributed by atoms with Crippen LogP contribution < -0.4 is 5.23 Å². The molecule has 0 spiro atoms. The lowest BCUT2D eigenvalue weighted by molar-refractivity contribution is 0.264. The summed E-state index contributed by atoms with van der Waals surface area (Å²) in [7, 11) is 3.07. The second-order valence-electron chi connectivity index (χ2n) is 0.806. The normalized spacial score (nSPS) is 6.40. The highest BCUT2D eigenvalue weighted by Crippen LogP contribution is 1.43. The molecule has 1 amide bonds. The first-order chi connectivity index (χ1) is 2.27. The zero-order valence-corrected chi connectivity index (χ0v) is 3.41. The average molecular weight is 68.7 g/mol. The molecule has 0 unspecified atom stereocenters. The van der Waals surface area contributed by atoms with E-state index in [1.54, 1.807) is 7.98 Å². The largest absolute Gasteiger partial charge is 0.415 e. The third-order valence-electron chi connectivity index (χ3n) is 0.352. The summed E-state index contributed by atoms with van der Waals surface area (Å²) >= 11 is 0. The summed E-state index contributed by atoms with van der Waals surface area (Å²) in [6.07, 6.45) is 0. The van der Waals surface area contributed by atoms with Crippen LogP contribution in [0.2, 0.25) is 0 Å². The third kappa shape index (κ3) is 3.60. The Kier molecular flexibility index (Phi) is 1.73. The van der Waals surface area contributed by atoms with Crippen LogP contribution >= 0.6 is 0 Å². The van der Waals surface area contributed by atoms with Crippen molar-refractivity contribution < 1.29 is 4.79 Å². The molecule has 5 heavy (non-hydrogen) atoms. The number of carbonyl (C=O) groups is 1. The Balaban J connectivity index is 2.85. The Morgan fingerprint density at radius 3 is 2.00 bits per heavy atom. The zero-order chi connectivity index (χ0) is 4.28. The van der Waals surface area contributed by atoms with E-state index >= 15 is 0 Å². The topological polar surface area (TPSA) is 29.1 Å². The fourth-order valence-electron chi connectivity index (χ4n) is 0. The quantitative estimate of drug-likeness (QED) is 0.323. The molecular formula is CH5B2NO. The van der Waals surface area contributed by atoms with Crippen LogP contribution in [-0.4, -0.2) is 21.6 Å². The summed E-state index contributed by atoms with van der Waals surface area (Å²) in [5.74, 6) is 0.00463. The van der Waals surface area contributed by atoms with Gasteiger partial charge in [-0.25, -0.2) is 0 Å². The smallest absolute Gasteiger partial charge is 0.216 e. The van der Waals surface area contributed by atoms with Crippen LogP contribution in [0.3, 0.4) is 0 Å². The molecule has 0 aliphatic heterocycles. The summed E-state index contributed by atoms with van der Waals surface area (Å²) in [5, 5.41) is 2.39. The van der Waals surface area contributed by atoms with Gasteiger partial charge in [0.1, 0.15) is 0 Å². The van der Waals surface area contributed by atoms with E-state index < -0.39 is 0 Å². The van der Waals surface area contributed by atoms with Gasteiger partial charge in [0.15, 0.2) is 5.81 Å². The molecule has 0 radical (unpaired) electrons. The number of nitrogens with one attached hydrogen (secondary N) is 1. The maximum Gasteiger partial charge on any atom is 0.216 e. The van der Waals surface area contributed by atoms with Gasteiger partial charge in [0.2, 0.25) is 15.8 Å². The maximum absolute atomic E-state index is 9.70. The molecule has 0 saturated heterocycles. The number of carbonyl (C=O) groups excluding carboxylic acids is 1. The van der Waals surface area contributed by atoms with E-state index in [0.717, 1.165) is 0 Å². The first-order valence-electron chi connectivity index (χ1n) is 1.45. The minimum atomic E-state index is 0.00463. The molecule has 2 nitrogen and oxygen atoms in total. The second-order valence-corrected chi connectivity index (χ2v) is 0.806. The summed E-state index contributed by atoms with van der Waals surface area (Å²) in [6, 6.07) is 0. The minimum absolute atomic E-state index is 0.00463. The van der Waals surface area contributed by atoms with Crippen LogP contribution in [0.5, 0.6) is 0 Å². The van der Waals surface area contributed by atoms with Crippen LogP contribution in [0.15, 0.2) is 0 Å². The predicted molar refractivity (Wildman–Crippen MR) is 25.6 cm³/mol. The van der Waals surface area contributed by atoms with Gasteiger partial charge in [-0.2, -0.15) is 0 Å². The molecular weight excluding hydrogens is 63.6 g/mol. The molecule has 0 rings (SSSR count). The summed E-state index contributed by atoms with van der Waals surface area (Å²) in [6.45, 7) is 0. The van der Waals surface area contributed by atoms with Crippen molar-refractivity contribution in [2.24, 2.45) is 0 Å². The molecule has 1 N–H and O–H groups in total. The lowest BCUT2D eigenvalue weighted by atomic mass is 10.1. The summed E-state index contributed by atoms with van der Waals surface area (Å²) < 4.78 is 0. The van der Waals surface area contributed by atoms with Crippen LogP contribution in [0.1, 0.15) is 0 Å². The molecule has 4 heteroatoms. The van der Waals surface area contributed by atoms with Crippen molar-refractivity contribution in [2.75, 3.05) is 0 Å². The maximum atomic E-state index is 9.70. The summed E-state index contributed by atoms with van der Waals surface area (Å²) in [5.41, 5.74) is 0. The van der Waals surface area contributed by atoms with Crippen molar-refractivity contribution in [2.45, 2.75) is 0 Å². The van der Waals surface area contributed by atoms with Crippen molar-refractivity contribution in [1.29, 1.82) is 0 Å². The Morgan fingerprint density at radius 1 is 1.80 bits per heavy atom. The van der Waals surface area contributed by atoms with Gasteiger partial charge < -0.3 is 5.23 Å². The molecule has 0 atom stereocenters. The van der Waals surface area contributed by atoms with Gasteiger partial charge in [0, 0.05) is 0 Å². The molecule has 0 aromatic carbocycles. The lowest BCUT2D eigenvalue weighted by Crippen LogP contribution is -2.16. The SMILES string of the molecule is BNC(B)=O. The number of hydrogen-bond acceptors (Lipinski definition) is 1. The highest BCUT2D eigenvalue weighted by Gasteiger charge is 1.73. The van der Waals surface area contributed by atoms with E-state index in [-0.39, 0.29) is 5.81 Å². The first-order valence-corrected chi connectivity index (χ1v) is 1.45. The Bertz CT molecular complexity index is 44.9. The standard InChI is InChI=1S/CH5B2NO/c2-1(5)4-3/h2-3H2,(H,4,5). The van der Waals surface area contributed by atoms with E-state index in [9.17, 15) is 4.79 Å². The van der Waals surface area contributed by atoms with Gasteiger partial charge in [-0.3, -0.25) is 4.79 Å². The Morgan fingerprint density at radius 2 is 2.00 bits per heavy atom. The fourth-order valence-corrected chi connectivity index (χ4v) is 0. The molecule has 0 aliphatic rings. The predicted octanol–water partition coefficient (Wildman–Crippen LogP) is -2.12. The highest BCUT2D eigenvalue weighted by molar-refractivity contribution is 6.59. The van der Waals surface area contributed by atoms with Crippen LogP contribution in [0.25, 0.3) is 0 Å². The van der Waals surface area contributed by atoms with E-state index in [2.05, 4.69) is 5.23 Å². The van der Waals surface area contributed by atoms with Gasteiger partial charge in [-0.1, -0.05) is 0 Å². The number of rotatable bonds is 0. The Hall–Kier alpha value is -0.400. The monoisotopic (exact) mass is 69.1 g/mol. The Labute approximate surface area is 32.8 Å². The average Bonchev–Trinajstić information content (AvgIpc) is 1.38. The van der Waals surface area contributed by atoms with E-state index in [1.165, 1.54) is 7.85 Å². The molecule has 0 aromatic heterocycles. The lowest BCUT2D eigenvalue weighted by Gasteiger charge is -1.80. The van der Waals surface area contributed by atoms with Crippen molar-refractivity contribution in [1.82, 2.24) is 5.23 Å². The molecule has 0 bridgehead atoms. The van der Waals surface area contributed by atoms with Crippen LogP contribution in [0, 0.1) is 0 Å². The van der Waals surface area contributed by atoms with Gasteiger partial charge >= 0.3 is 0 Å². The van der Waals surface area contributed by atoms with E-state index in [1.807, 2.05) is 0 Å². The molecule has 26 valence electrons. The van der Waals surface area contributed by atoms with E-state index in [4.69, 9.17) is 0 Å². The molecule has 0 heterocycles. The molecule has 0 aliphatic carbocycles. The first kappa shape index (κ1) is 4.60. The van der Waals surface area contributed by atoms with Crippen LogP contribution in [-0.2, 0) is 0 Å². The van der Waals surface area contributed by atoms with Gasteiger partial charge in [-0.05, 0) is 0 Å². The number of amides is 1. The van der Waals surface area contributed by atoms with Crippen molar-refractivity contribution in [3.05, 3.63) is 0 Å². The number of hydrogen-bond donors (Lipinski definition) is 1.